The molecule has 0 saturated carbocycles. The van der Waals surface area contributed by atoms with Crippen LogP contribution in [0.3, 0.4) is 0 Å². The number of nitrogens with one attached hydrogen (secondary N) is 1. The largest absolute Gasteiger partial charge is 0.493 e. The monoisotopic (exact) mass is 426 g/mol. The third-order valence-electron chi connectivity index (χ3n) is 5.61. The lowest BCUT2D eigenvalue weighted by atomic mass is 10.0. The van der Waals surface area contributed by atoms with Crippen LogP contribution in [-0.2, 0) is 19.5 Å². The minimum Gasteiger partial charge on any atom is -0.493 e. The summed E-state index contributed by atoms with van der Waals surface area (Å²) in [5, 5.41) is 0.984. The van der Waals surface area contributed by atoms with E-state index < -0.39 is 0 Å². The Labute approximate surface area is 181 Å². The SMILES string of the molecule is CCCc1cc(=O)oc2c3c(ccc12)OC[NH+](Cc1cc(OC)c(OC)c(OC)c1)C3. The molecule has 1 aliphatic rings. The summed E-state index contributed by atoms with van der Waals surface area (Å²) in [6, 6.07) is 9.47. The van der Waals surface area contributed by atoms with E-state index in [-0.39, 0.29) is 5.63 Å². The van der Waals surface area contributed by atoms with E-state index in [0.29, 0.717) is 42.7 Å². The fourth-order valence-corrected chi connectivity index (χ4v) is 4.23. The van der Waals surface area contributed by atoms with Gasteiger partial charge >= 0.3 is 5.63 Å². The molecule has 1 aromatic heterocycles. The van der Waals surface area contributed by atoms with Crippen LogP contribution in [0.2, 0.25) is 0 Å². The van der Waals surface area contributed by atoms with Gasteiger partial charge in [0.2, 0.25) is 12.5 Å². The molecule has 164 valence electrons. The molecule has 0 saturated heterocycles. The Morgan fingerprint density at radius 2 is 1.77 bits per heavy atom. The van der Waals surface area contributed by atoms with Crippen LogP contribution in [0, 0.1) is 0 Å². The van der Waals surface area contributed by atoms with E-state index in [9.17, 15) is 4.79 Å². The van der Waals surface area contributed by atoms with Crippen LogP contribution in [0.1, 0.15) is 30.0 Å². The number of ether oxygens (including phenoxy) is 4. The van der Waals surface area contributed by atoms with Gasteiger partial charge in [0.25, 0.3) is 0 Å². The highest BCUT2D eigenvalue weighted by molar-refractivity contribution is 5.85. The zero-order valence-electron chi connectivity index (χ0n) is 18.4. The molecule has 1 atom stereocenters. The molecule has 0 fully saturated rings. The average molecular weight is 426 g/mol. The summed E-state index contributed by atoms with van der Waals surface area (Å²) in [6.07, 6.45) is 1.80. The van der Waals surface area contributed by atoms with E-state index >= 15 is 0 Å². The molecule has 2 heterocycles. The van der Waals surface area contributed by atoms with E-state index in [1.54, 1.807) is 27.4 Å². The number of rotatable bonds is 7. The van der Waals surface area contributed by atoms with Crippen LogP contribution in [-0.4, -0.2) is 28.1 Å². The first-order valence-corrected chi connectivity index (χ1v) is 10.4. The van der Waals surface area contributed by atoms with Crippen molar-refractivity contribution in [2.24, 2.45) is 0 Å². The molecular formula is C24H28NO6+. The highest BCUT2D eigenvalue weighted by atomic mass is 16.5. The van der Waals surface area contributed by atoms with Gasteiger partial charge in [0, 0.05) is 17.0 Å². The van der Waals surface area contributed by atoms with Gasteiger partial charge in [0.1, 0.15) is 18.8 Å². The van der Waals surface area contributed by atoms with E-state index in [0.717, 1.165) is 40.7 Å². The van der Waals surface area contributed by atoms with E-state index in [4.69, 9.17) is 23.4 Å². The third-order valence-corrected chi connectivity index (χ3v) is 5.61. The maximum atomic E-state index is 12.2. The molecule has 0 radical (unpaired) electrons. The van der Waals surface area contributed by atoms with Crippen molar-refractivity contribution in [3.8, 4) is 23.0 Å². The van der Waals surface area contributed by atoms with Gasteiger partial charge in [-0.25, -0.2) is 4.79 Å². The molecule has 0 amide bonds. The summed E-state index contributed by atoms with van der Waals surface area (Å²) in [7, 11) is 4.80. The molecule has 4 rings (SSSR count). The molecule has 0 bridgehead atoms. The normalized spacial score (nSPS) is 15.3. The fourth-order valence-electron chi connectivity index (χ4n) is 4.23. The molecule has 31 heavy (non-hydrogen) atoms. The minimum absolute atomic E-state index is 0.318. The van der Waals surface area contributed by atoms with Gasteiger partial charge in [-0.1, -0.05) is 13.3 Å². The van der Waals surface area contributed by atoms with Crippen molar-refractivity contribution < 1.29 is 28.3 Å². The fraction of sp³-hybridized carbons (Fsp3) is 0.375. The number of hydrogen-bond acceptors (Lipinski definition) is 6. The number of aryl methyl sites for hydroxylation is 1. The lowest BCUT2D eigenvalue weighted by molar-refractivity contribution is -0.945. The van der Waals surface area contributed by atoms with Crippen LogP contribution in [0.5, 0.6) is 23.0 Å². The Morgan fingerprint density at radius 3 is 2.42 bits per heavy atom. The van der Waals surface area contributed by atoms with Crippen molar-refractivity contribution >= 4 is 11.0 Å². The van der Waals surface area contributed by atoms with Crippen LogP contribution >= 0.6 is 0 Å². The van der Waals surface area contributed by atoms with Crippen molar-refractivity contribution in [3.05, 3.63) is 57.4 Å². The molecule has 3 aromatic rings. The van der Waals surface area contributed by atoms with Gasteiger partial charge in [-0.15, -0.1) is 0 Å². The number of hydrogen-bond donors (Lipinski definition) is 1. The number of methoxy groups -OCH3 is 3. The second-order valence-electron chi connectivity index (χ2n) is 7.69. The highest BCUT2D eigenvalue weighted by Gasteiger charge is 2.26. The van der Waals surface area contributed by atoms with Crippen molar-refractivity contribution in [3.63, 3.8) is 0 Å². The molecular weight excluding hydrogens is 398 g/mol. The van der Waals surface area contributed by atoms with Crippen LogP contribution in [0.4, 0.5) is 0 Å². The number of fused-ring (bicyclic) bond motifs is 3. The van der Waals surface area contributed by atoms with E-state index in [2.05, 4.69) is 6.92 Å². The highest BCUT2D eigenvalue weighted by Crippen LogP contribution is 2.38. The van der Waals surface area contributed by atoms with Crippen molar-refractivity contribution in [1.29, 1.82) is 0 Å². The van der Waals surface area contributed by atoms with Crippen LogP contribution < -0.4 is 29.5 Å². The van der Waals surface area contributed by atoms with Gasteiger partial charge in [0.15, 0.2) is 17.1 Å². The van der Waals surface area contributed by atoms with Gasteiger partial charge in [0.05, 0.1) is 26.9 Å². The van der Waals surface area contributed by atoms with Gasteiger partial charge < -0.3 is 23.4 Å². The maximum absolute atomic E-state index is 12.2. The van der Waals surface area contributed by atoms with Gasteiger partial charge in [-0.2, -0.15) is 0 Å². The van der Waals surface area contributed by atoms with Gasteiger partial charge in [-0.3, -0.25) is 4.90 Å². The zero-order valence-corrected chi connectivity index (χ0v) is 18.4. The maximum Gasteiger partial charge on any atom is 0.336 e. The lowest BCUT2D eigenvalue weighted by Crippen LogP contribution is -3.10. The molecule has 2 aromatic carbocycles. The van der Waals surface area contributed by atoms with Crippen molar-refractivity contribution in [2.45, 2.75) is 32.9 Å². The Kier molecular flexibility index (Phi) is 6.04. The Hall–Kier alpha value is -3.19. The Balaban J connectivity index is 1.68. The summed E-state index contributed by atoms with van der Waals surface area (Å²) in [5.41, 5.74) is 3.30. The molecule has 1 aliphatic heterocycles. The first-order valence-electron chi connectivity index (χ1n) is 10.4. The number of quaternary nitrogens is 1. The topological polar surface area (TPSA) is 71.6 Å². The Morgan fingerprint density at radius 1 is 1.03 bits per heavy atom. The van der Waals surface area contributed by atoms with Gasteiger partial charge in [-0.05, 0) is 36.2 Å². The predicted octanol–water partition coefficient (Wildman–Crippen LogP) is 2.71. The first kappa shape index (κ1) is 21.1. The molecule has 1 N–H and O–H groups in total. The molecule has 1 unspecified atom stereocenters. The summed E-state index contributed by atoms with van der Waals surface area (Å²) in [4.78, 5) is 13.4. The van der Waals surface area contributed by atoms with Crippen LogP contribution in [0.25, 0.3) is 11.0 Å². The number of benzene rings is 2. The second-order valence-corrected chi connectivity index (χ2v) is 7.69. The summed E-state index contributed by atoms with van der Waals surface area (Å²) >= 11 is 0. The predicted molar refractivity (Wildman–Crippen MR) is 116 cm³/mol. The standard InChI is InChI=1S/C24H27NO6/c1-5-6-16-11-22(26)31-23-17(16)7-8-19-18(23)13-25(14-30-19)12-15-9-20(27-2)24(29-4)21(10-15)28-3/h7-11H,5-6,12-14H2,1-4H3/p+1. The second kappa shape index (κ2) is 8.89. The summed E-state index contributed by atoms with van der Waals surface area (Å²) in [5.74, 6) is 2.59. The third kappa shape index (κ3) is 4.05. The first-order chi connectivity index (χ1) is 15.1. The lowest BCUT2D eigenvalue weighted by Gasteiger charge is -2.27. The van der Waals surface area contributed by atoms with E-state index in [1.165, 1.54) is 4.90 Å². The quantitative estimate of drug-likeness (QED) is 0.586. The van der Waals surface area contributed by atoms with E-state index in [1.807, 2.05) is 24.3 Å². The molecule has 0 aliphatic carbocycles. The molecule has 7 nitrogen and oxygen atoms in total. The van der Waals surface area contributed by atoms with Crippen molar-refractivity contribution in [2.75, 3.05) is 28.1 Å². The Bertz CT molecular complexity index is 1130. The smallest absolute Gasteiger partial charge is 0.336 e. The van der Waals surface area contributed by atoms with Crippen LogP contribution in [0.15, 0.2) is 39.5 Å². The molecule has 7 heteroatoms. The molecule has 0 spiro atoms. The summed E-state index contributed by atoms with van der Waals surface area (Å²) < 4.78 is 28.0. The van der Waals surface area contributed by atoms with Crippen molar-refractivity contribution in [1.82, 2.24) is 0 Å². The average Bonchev–Trinajstić information content (AvgIpc) is 2.78. The minimum atomic E-state index is -0.318. The summed E-state index contributed by atoms with van der Waals surface area (Å²) in [6.45, 7) is 3.98. The zero-order chi connectivity index (χ0) is 22.0.